The molecule has 4 rings (SSSR count). The summed E-state index contributed by atoms with van der Waals surface area (Å²) in [6.45, 7) is 0. The van der Waals surface area contributed by atoms with Crippen LogP contribution >= 0.6 is 22.9 Å². The van der Waals surface area contributed by atoms with Gasteiger partial charge in [-0.25, -0.2) is 0 Å². The SMILES string of the molecule is NC(=O)c1cc(Cl)sc1-c1cc(OC(=O)C2CC2)ccc1-c1ccccc1. The first-order valence-corrected chi connectivity index (χ1v) is 9.73. The fraction of sp³-hybridized carbons (Fsp3) is 0.143. The number of carbonyl (C=O) groups is 2. The number of nitrogens with two attached hydrogens (primary N) is 1. The van der Waals surface area contributed by atoms with Gasteiger partial charge in [-0.2, -0.15) is 0 Å². The fourth-order valence-corrected chi connectivity index (χ4v) is 4.17. The number of benzene rings is 2. The van der Waals surface area contributed by atoms with Crippen molar-refractivity contribution in [3.8, 4) is 27.3 Å². The Bertz CT molecular complexity index is 1030. The van der Waals surface area contributed by atoms with E-state index in [1.165, 1.54) is 11.3 Å². The van der Waals surface area contributed by atoms with Crippen molar-refractivity contribution >= 4 is 34.8 Å². The van der Waals surface area contributed by atoms with Crippen LogP contribution in [0.5, 0.6) is 5.75 Å². The molecule has 0 atom stereocenters. The molecule has 136 valence electrons. The molecule has 1 aliphatic rings. The van der Waals surface area contributed by atoms with E-state index in [0.29, 0.717) is 20.5 Å². The molecule has 1 fully saturated rings. The van der Waals surface area contributed by atoms with E-state index in [1.807, 2.05) is 36.4 Å². The van der Waals surface area contributed by atoms with E-state index in [1.54, 1.807) is 18.2 Å². The maximum atomic E-state index is 12.0. The fourth-order valence-electron chi connectivity index (χ4n) is 2.91. The molecule has 4 nitrogen and oxygen atoms in total. The number of thiophene rings is 1. The molecular formula is C21H16ClNO3S. The van der Waals surface area contributed by atoms with Crippen molar-refractivity contribution in [2.45, 2.75) is 12.8 Å². The van der Waals surface area contributed by atoms with Crippen molar-refractivity contribution in [3.05, 3.63) is 64.5 Å². The van der Waals surface area contributed by atoms with E-state index in [9.17, 15) is 9.59 Å². The molecule has 1 amide bonds. The number of amides is 1. The lowest BCUT2D eigenvalue weighted by atomic mass is 9.96. The summed E-state index contributed by atoms with van der Waals surface area (Å²) in [5.74, 6) is -0.318. The van der Waals surface area contributed by atoms with Crippen LogP contribution in [0.1, 0.15) is 23.2 Å². The summed E-state index contributed by atoms with van der Waals surface area (Å²) in [6.07, 6.45) is 1.75. The van der Waals surface area contributed by atoms with Crippen LogP contribution in [0.3, 0.4) is 0 Å². The summed E-state index contributed by atoms with van der Waals surface area (Å²) in [5, 5.41) is 0. The van der Waals surface area contributed by atoms with Crippen LogP contribution in [0, 0.1) is 5.92 Å². The van der Waals surface area contributed by atoms with E-state index < -0.39 is 5.91 Å². The van der Waals surface area contributed by atoms with Crippen molar-refractivity contribution in [1.82, 2.24) is 0 Å². The lowest BCUT2D eigenvalue weighted by molar-refractivity contribution is -0.135. The van der Waals surface area contributed by atoms with Crippen LogP contribution in [0.2, 0.25) is 4.34 Å². The number of halogens is 1. The molecule has 2 N–H and O–H groups in total. The predicted molar refractivity (Wildman–Crippen MR) is 107 cm³/mol. The molecule has 0 unspecified atom stereocenters. The molecule has 3 aromatic rings. The molecule has 1 saturated carbocycles. The maximum Gasteiger partial charge on any atom is 0.314 e. The zero-order valence-corrected chi connectivity index (χ0v) is 15.8. The Morgan fingerprint density at radius 3 is 2.44 bits per heavy atom. The van der Waals surface area contributed by atoms with Crippen LogP contribution in [-0.4, -0.2) is 11.9 Å². The zero-order valence-electron chi connectivity index (χ0n) is 14.3. The molecular weight excluding hydrogens is 382 g/mol. The average Bonchev–Trinajstić information content (AvgIpc) is 3.44. The highest BCUT2D eigenvalue weighted by Crippen LogP contribution is 2.42. The van der Waals surface area contributed by atoms with Crippen molar-refractivity contribution in [2.75, 3.05) is 0 Å². The average molecular weight is 398 g/mol. The molecule has 0 radical (unpaired) electrons. The number of esters is 1. The Labute approximate surface area is 165 Å². The smallest absolute Gasteiger partial charge is 0.314 e. The van der Waals surface area contributed by atoms with Gasteiger partial charge in [0, 0.05) is 10.4 Å². The van der Waals surface area contributed by atoms with Gasteiger partial charge < -0.3 is 10.5 Å². The van der Waals surface area contributed by atoms with Crippen LogP contribution in [-0.2, 0) is 4.79 Å². The summed E-state index contributed by atoms with van der Waals surface area (Å²) in [4.78, 5) is 24.6. The minimum Gasteiger partial charge on any atom is -0.426 e. The normalized spacial score (nSPS) is 13.4. The first kappa shape index (κ1) is 17.8. The standard InChI is InChI=1S/C21H16ClNO3S/c22-18-11-17(20(23)24)19(27-18)16-10-14(26-21(25)13-6-7-13)8-9-15(16)12-4-2-1-3-5-12/h1-5,8-11,13H,6-7H2,(H2,23,24). The Hall–Kier alpha value is -2.63. The largest absolute Gasteiger partial charge is 0.426 e. The Morgan fingerprint density at radius 2 is 1.78 bits per heavy atom. The molecule has 1 aromatic heterocycles. The minimum atomic E-state index is -0.549. The molecule has 0 bridgehead atoms. The van der Waals surface area contributed by atoms with Gasteiger partial charge in [0.2, 0.25) is 5.91 Å². The van der Waals surface area contributed by atoms with Gasteiger partial charge in [-0.3, -0.25) is 9.59 Å². The second kappa shape index (κ2) is 7.18. The van der Waals surface area contributed by atoms with Gasteiger partial charge in [-0.15, -0.1) is 11.3 Å². The summed E-state index contributed by atoms with van der Waals surface area (Å²) in [5.41, 5.74) is 8.54. The lowest BCUT2D eigenvalue weighted by Crippen LogP contribution is -2.11. The van der Waals surface area contributed by atoms with E-state index in [2.05, 4.69) is 0 Å². The van der Waals surface area contributed by atoms with E-state index in [0.717, 1.165) is 29.5 Å². The second-order valence-corrected chi connectivity index (χ2v) is 8.11. The number of hydrogen-bond donors (Lipinski definition) is 1. The highest BCUT2D eigenvalue weighted by molar-refractivity contribution is 7.19. The second-order valence-electron chi connectivity index (χ2n) is 6.43. The molecule has 0 saturated heterocycles. The molecule has 1 heterocycles. The molecule has 27 heavy (non-hydrogen) atoms. The number of carbonyl (C=O) groups excluding carboxylic acids is 2. The number of hydrogen-bond acceptors (Lipinski definition) is 4. The third kappa shape index (κ3) is 3.75. The van der Waals surface area contributed by atoms with E-state index in [-0.39, 0.29) is 11.9 Å². The molecule has 2 aromatic carbocycles. The Balaban J connectivity index is 1.85. The molecule has 0 aliphatic heterocycles. The third-order valence-electron chi connectivity index (χ3n) is 4.42. The number of primary amides is 1. The van der Waals surface area contributed by atoms with Gasteiger partial charge in [0.15, 0.2) is 0 Å². The Morgan fingerprint density at radius 1 is 1.04 bits per heavy atom. The van der Waals surface area contributed by atoms with Gasteiger partial charge in [0.05, 0.1) is 15.8 Å². The van der Waals surface area contributed by atoms with Gasteiger partial charge in [0.1, 0.15) is 5.75 Å². The van der Waals surface area contributed by atoms with Gasteiger partial charge >= 0.3 is 5.97 Å². The highest BCUT2D eigenvalue weighted by Gasteiger charge is 2.31. The van der Waals surface area contributed by atoms with E-state index >= 15 is 0 Å². The predicted octanol–water partition coefficient (Wildman–Crippen LogP) is 5.15. The summed E-state index contributed by atoms with van der Waals surface area (Å²) in [6, 6.07) is 16.8. The van der Waals surface area contributed by atoms with Gasteiger partial charge in [0.25, 0.3) is 0 Å². The molecule has 6 heteroatoms. The van der Waals surface area contributed by atoms with Gasteiger partial charge in [-0.05, 0) is 42.2 Å². The Kier molecular flexibility index (Phi) is 4.72. The van der Waals surface area contributed by atoms with E-state index in [4.69, 9.17) is 22.1 Å². The monoisotopic (exact) mass is 397 g/mol. The lowest BCUT2D eigenvalue weighted by Gasteiger charge is -2.12. The van der Waals surface area contributed by atoms with Crippen molar-refractivity contribution < 1.29 is 14.3 Å². The number of rotatable bonds is 5. The first-order valence-electron chi connectivity index (χ1n) is 8.53. The minimum absolute atomic E-state index is 0.000359. The van der Waals surface area contributed by atoms with Crippen LogP contribution < -0.4 is 10.5 Å². The zero-order chi connectivity index (χ0) is 19.0. The summed E-state index contributed by atoms with van der Waals surface area (Å²) >= 11 is 7.43. The molecule has 1 aliphatic carbocycles. The molecule has 0 spiro atoms. The highest BCUT2D eigenvalue weighted by atomic mass is 35.5. The quantitative estimate of drug-likeness (QED) is 0.478. The number of ether oxygens (including phenoxy) is 1. The van der Waals surface area contributed by atoms with Crippen LogP contribution in [0.25, 0.3) is 21.6 Å². The van der Waals surface area contributed by atoms with Crippen molar-refractivity contribution in [2.24, 2.45) is 11.7 Å². The topological polar surface area (TPSA) is 69.4 Å². The first-order chi connectivity index (χ1) is 13.0. The van der Waals surface area contributed by atoms with Crippen LogP contribution in [0.4, 0.5) is 0 Å². The van der Waals surface area contributed by atoms with Crippen LogP contribution in [0.15, 0.2) is 54.6 Å². The summed E-state index contributed by atoms with van der Waals surface area (Å²) < 4.78 is 5.99. The van der Waals surface area contributed by atoms with Gasteiger partial charge in [-0.1, -0.05) is 48.0 Å². The summed E-state index contributed by atoms with van der Waals surface area (Å²) in [7, 11) is 0. The maximum absolute atomic E-state index is 12.0. The van der Waals surface area contributed by atoms with Crippen molar-refractivity contribution in [1.29, 1.82) is 0 Å². The van der Waals surface area contributed by atoms with Crippen molar-refractivity contribution in [3.63, 3.8) is 0 Å². The third-order valence-corrected chi connectivity index (χ3v) is 5.71.